The number of rotatable bonds is 7. The first-order valence-electron chi connectivity index (χ1n) is 5.65. The lowest BCUT2D eigenvalue weighted by molar-refractivity contribution is -0.137. The molecule has 0 saturated carbocycles. The van der Waals surface area contributed by atoms with Gasteiger partial charge in [-0.2, -0.15) is 0 Å². The van der Waals surface area contributed by atoms with E-state index in [9.17, 15) is 13.2 Å². The summed E-state index contributed by atoms with van der Waals surface area (Å²) in [7, 11) is -3.19. The van der Waals surface area contributed by atoms with Crippen LogP contribution in [-0.2, 0) is 14.6 Å². The molecule has 100 valence electrons. The number of sulfone groups is 1. The minimum Gasteiger partial charge on any atom is -0.481 e. The molecule has 1 aromatic rings. The van der Waals surface area contributed by atoms with Gasteiger partial charge in [0.1, 0.15) is 0 Å². The lowest BCUT2D eigenvalue weighted by atomic mass is 10.2. The molecular formula is C12H17NO4S. The maximum atomic E-state index is 11.3. The van der Waals surface area contributed by atoms with Crippen LogP contribution >= 0.6 is 0 Å². The Balaban J connectivity index is 2.46. The van der Waals surface area contributed by atoms with Gasteiger partial charge < -0.3 is 10.4 Å². The van der Waals surface area contributed by atoms with Gasteiger partial charge in [-0.05, 0) is 31.0 Å². The monoisotopic (exact) mass is 271 g/mol. The number of carbonyl (C=O) groups is 1. The largest absolute Gasteiger partial charge is 0.481 e. The molecule has 1 aromatic carbocycles. The number of aliphatic carboxylic acids is 1. The number of nitrogens with one attached hydrogen (secondary N) is 1. The molecule has 0 amide bonds. The average molecular weight is 271 g/mol. The third-order valence-corrected chi connectivity index (χ3v) is 3.52. The summed E-state index contributed by atoms with van der Waals surface area (Å²) in [5.74, 6) is -0.797. The van der Waals surface area contributed by atoms with Gasteiger partial charge in [-0.3, -0.25) is 4.79 Å². The van der Waals surface area contributed by atoms with Crippen LogP contribution in [0.2, 0.25) is 0 Å². The second kappa shape index (κ2) is 6.39. The number of hydrogen-bond donors (Lipinski definition) is 2. The zero-order valence-corrected chi connectivity index (χ0v) is 11.0. The maximum Gasteiger partial charge on any atom is 0.303 e. The summed E-state index contributed by atoms with van der Waals surface area (Å²) in [5, 5.41) is 11.5. The molecule has 0 radical (unpaired) electrons. The molecule has 0 atom stereocenters. The van der Waals surface area contributed by atoms with Crippen LogP contribution in [0.25, 0.3) is 0 Å². The molecule has 5 nitrogen and oxygen atoms in total. The van der Waals surface area contributed by atoms with Gasteiger partial charge >= 0.3 is 5.97 Å². The standard InChI is InChI=1S/C12H17NO4S/c1-18(16,17)11-6-4-5-10(9-11)13-8-3-2-7-12(14)15/h4-6,9,13H,2-3,7-8H2,1H3,(H,14,15). The summed E-state index contributed by atoms with van der Waals surface area (Å²) >= 11 is 0. The summed E-state index contributed by atoms with van der Waals surface area (Å²) in [6.45, 7) is 0.625. The van der Waals surface area contributed by atoms with Crippen molar-refractivity contribution in [1.82, 2.24) is 0 Å². The molecule has 0 saturated heterocycles. The Bertz CT molecular complexity index is 511. The molecule has 0 aromatic heterocycles. The van der Waals surface area contributed by atoms with Gasteiger partial charge in [0, 0.05) is 24.9 Å². The van der Waals surface area contributed by atoms with Gasteiger partial charge in [0.05, 0.1) is 4.90 Å². The minimum absolute atomic E-state index is 0.158. The Kier molecular flexibility index (Phi) is 5.15. The molecule has 0 aliphatic heterocycles. The molecule has 0 bridgehead atoms. The van der Waals surface area contributed by atoms with Gasteiger partial charge in [0.2, 0.25) is 0 Å². The zero-order valence-electron chi connectivity index (χ0n) is 10.2. The molecule has 0 heterocycles. The van der Waals surface area contributed by atoms with E-state index in [1.165, 1.54) is 6.26 Å². The normalized spacial score (nSPS) is 11.2. The molecule has 6 heteroatoms. The van der Waals surface area contributed by atoms with Gasteiger partial charge in [0.25, 0.3) is 0 Å². The summed E-state index contributed by atoms with van der Waals surface area (Å²) in [4.78, 5) is 10.6. The second-order valence-electron chi connectivity index (χ2n) is 4.08. The van der Waals surface area contributed by atoms with Crippen molar-refractivity contribution >= 4 is 21.5 Å². The Morgan fingerprint density at radius 2 is 2.06 bits per heavy atom. The second-order valence-corrected chi connectivity index (χ2v) is 6.09. The van der Waals surface area contributed by atoms with Gasteiger partial charge in [-0.15, -0.1) is 0 Å². The van der Waals surface area contributed by atoms with E-state index in [-0.39, 0.29) is 11.3 Å². The molecule has 18 heavy (non-hydrogen) atoms. The molecular weight excluding hydrogens is 254 g/mol. The van der Waals surface area contributed by atoms with Crippen molar-refractivity contribution in [2.24, 2.45) is 0 Å². The van der Waals surface area contributed by atoms with E-state index in [0.29, 0.717) is 13.0 Å². The van der Waals surface area contributed by atoms with Gasteiger partial charge in [0.15, 0.2) is 9.84 Å². The minimum atomic E-state index is -3.19. The van der Waals surface area contributed by atoms with Crippen LogP contribution in [-0.4, -0.2) is 32.3 Å². The van der Waals surface area contributed by atoms with E-state index in [1.807, 2.05) is 0 Å². The van der Waals surface area contributed by atoms with Crippen LogP contribution < -0.4 is 5.32 Å². The first kappa shape index (κ1) is 14.5. The fourth-order valence-corrected chi connectivity index (χ4v) is 2.14. The molecule has 0 unspecified atom stereocenters. The number of carboxylic acid groups (broad SMARTS) is 1. The summed E-state index contributed by atoms with van der Waals surface area (Å²) in [6.07, 6.45) is 2.66. The fourth-order valence-electron chi connectivity index (χ4n) is 1.47. The molecule has 0 aliphatic rings. The molecule has 0 spiro atoms. The third kappa shape index (κ3) is 5.18. The Morgan fingerprint density at radius 3 is 2.67 bits per heavy atom. The van der Waals surface area contributed by atoms with E-state index in [1.54, 1.807) is 24.3 Å². The van der Waals surface area contributed by atoms with Gasteiger partial charge in [-0.1, -0.05) is 6.07 Å². The topological polar surface area (TPSA) is 83.5 Å². The SMILES string of the molecule is CS(=O)(=O)c1cccc(NCCCCC(=O)O)c1. The molecule has 2 N–H and O–H groups in total. The van der Waals surface area contributed by atoms with Crippen LogP contribution in [0.4, 0.5) is 5.69 Å². The first-order chi connectivity index (χ1) is 8.39. The van der Waals surface area contributed by atoms with Crippen LogP contribution in [0.3, 0.4) is 0 Å². The highest BCUT2D eigenvalue weighted by molar-refractivity contribution is 7.90. The Hall–Kier alpha value is -1.56. The lowest BCUT2D eigenvalue weighted by Crippen LogP contribution is -2.04. The van der Waals surface area contributed by atoms with Crippen molar-refractivity contribution in [3.63, 3.8) is 0 Å². The Labute approximate surface area is 107 Å². The third-order valence-electron chi connectivity index (χ3n) is 2.41. The predicted octanol–water partition coefficient (Wildman–Crippen LogP) is 1.76. The van der Waals surface area contributed by atoms with Crippen molar-refractivity contribution in [3.8, 4) is 0 Å². The van der Waals surface area contributed by atoms with Crippen LogP contribution in [0.5, 0.6) is 0 Å². The summed E-state index contributed by atoms with van der Waals surface area (Å²) in [5.41, 5.74) is 0.730. The van der Waals surface area contributed by atoms with Gasteiger partial charge in [-0.25, -0.2) is 8.42 Å². The van der Waals surface area contributed by atoms with E-state index in [4.69, 9.17) is 5.11 Å². The highest BCUT2D eigenvalue weighted by Crippen LogP contribution is 2.15. The Morgan fingerprint density at radius 1 is 1.33 bits per heavy atom. The van der Waals surface area contributed by atoms with E-state index < -0.39 is 15.8 Å². The van der Waals surface area contributed by atoms with Crippen molar-refractivity contribution in [3.05, 3.63) is 24.3 Å². The highest BCUT2D eigenvalue weighted by atomic mass is 32.2. The van der Waals surface area contributed by atoms with Crippen molar-refractivity contribution < 1.29 is 18.3 Å². The molecule has 0 fully saturated rings. The van der Waals surface area contributed by atoms with E-state index in [0.717, 1.165) is 12.1 Å². The molecule has 1 rings (SSSR count). The van der Waals surface area contributed by atoms with Crippen LogP contribution in [0.15, 0.2) is 29.2 Å². The summed E-state index contributed by atoms with van der Waals surface area (Å²) < 4.78 is 22.7. The van der Waals surface area contributed by atoms with Crippen molar-refractivity contribution in [1.29, 1.82) is 0 Å². The summed E-state index contributed by atoms with van der Waals surface area (Å²) in [6, 6.07) is 6.58. The maximum absolute atomic E-state index is 11.3. The van der Waals surface area contributed by atoms with Crippen molar-refractivity contribution in [2.45, 2.75) is 24.2 Å². The first-order valence-corrected chi connectivity index (χ1v) is 7.54. The number of benzene rings is 1. The quantitative estimate of drug-likeness (QED) is 0.738. The number of anilines is 1. The smallest absolute Gasteiger partial charge is 0.303 e. The van der Waals surface area contributed by atoms with Crippen molar-refractivity contribution in [2.75, 3.05) is 18.1 Å². The zero-order chi connectivity index (χ0) is 13.6. The highest BCUT2D eigenvalue weighted by Gasteiger charge is 2.06. The number of carboxylic acids is 1. The lowest BCUT2D eigenvalue weighted by Gasteiger charge is -2.07. The van der Waals surface area contributed by atoms with Crippen LogP contribution in [0.1, 0.15) is 19.3 Å². The van der Waals surface area contributed by atoms with Crippen LogP contribution in [0, 0.1) is 0 Å². The number of unbranched alkanes of at least 4 members (excludes halogenated alkanes) is 1. The average Bonchev–Trinajstić information content (AvgIpc) is 2.27. The number of hydrogen-bond acceptors (Lipinski definition) is 4. The fraction of sp³-hybridized carbons (Fsp3) is 0.417. The van der Waals surface area contributed by atoms with E-state index >= 15 is 0 Å². The molecule has 0 aliphatic carbocycles. The predicted molar refractivity (Wildman–Crippen MR) is 69.5 cm³/mol. The van der Waals surface area contributed by atoms with E-state index in [2.05, 4.69) is 5.32 Å².